The van der Waals surface area contributed by atoms with Crippen molar-refractivity contribution in [2.75, 3.05) is 19.7 Å². The maximum absolute atomic E-state index is 10.7. The first kappa shape index (κ1) is 22.8. The summed E-state index contributed by atoms with van der Waals surface area (Å²) >= 11 is 0. The minimum atomic E-state index is -0.772. The number of carboxylic acid groups (broad SMARTS) is 1. The molecule has 32 heavy (non-hydrogen) atoms. The van der Waals surface area contributed by atoms with Crippen LogP contribution >= 0.6 is 0 Å². The Bertz CT molecular complexity index is 870. The van der Waals surface area contributed by atoms with Crippen LogP contribution in [-0.4, -0.2) is 41.3 Å². The van der Waals surface area contributed by atoms with Gasteiger partial charge < -0.3 is 14.6 Å². The van der Waals surface area contributed by atoms with Gasteiger partial charge in [-0.15, -0.1) is 0 Å². The first-order chi connectivity index (χ1) is 15.5. The first-order valence-corrected chi connectivity index (χ1v) is 11.9. The predicted octanol–water partition coefficient (Wildman–Crippen LogP) is 5.06. The molecule has 2 aliphatic heterocycles. The fraction of sp³-hybridized carbons (Fsp3) is 0.519. The predicted molar refractivity (Wildman–Crippen MR) is 125 cm³/mol. The highest BCUT2D eigenvalue weighted by Crippen LogP contribution is 2.37. The lowest BCUT2D eigenvalue weighted by atomic mass is 9.80. The summed E-state index contributed by atoms with van der Waals surface area (Å²) in [5.74, 6) is 0.820. The van der Waals surface area contributed by atoms with Crippen molar-refractivity contribution >= 4 is 5.97 Å². The minimum absolute atomic E-state index is 0.143. The highest BCUT2D eigenvalue weighted by Gasteiger charge is 2.38. The van der Waals surface area contributed by atoms with E-state index in [0.717, 1.165) is 61.9 Å². The number of ether oxygens (including phenoxy) is 2. The smallest absolute Gasteiger partial charge is 0.303 e. The van der Waals surface area contributed by atoms with E-state index in [1.165, 1.54) is 18.4 Å². The molecule has 0 aromatic heterocycles. The zero-order valence-corrected chi connectivity index (χ0v) is 19.1. The molecule has 4 rings (SSSR count). The number of benzene rings is 2. The van der Waals surface area contributed by atoms with E-state index in [0.29, 0.717) is 13.0 Å². The highest BCUT2D eigenvalue weighted by molar-refractivity contribution is 5.67. The maximum atomic E-state index is 10.7. The van der Waals surface area contributed by atoms with Gasteiger partial charge in [-0.25, -0.2) is 0 Å². The molecule has 2 heterocycles. The number of likely N-dealkylation sites (tertiary alicyclic amines) is 1. The van der Waals surface area contributed by atoms with Crippen LogP contribution < -0.4 is 4.74 Å². The Morgan fingerprint density at radius 1 is 1.06 bits per heavy atom. The topological polar surface area (TPSA) is 59.0 Å². The summed E-state index contributed by atoms with van der Waals surface area (Å²) in [5.41, 5.74) is 3.64. The van der Waals surface area contributed by atoms with Gasteiger partial charge in [-0.05, 0) is 66.8 Å². The number of piperidine rings is 1. The number of hydrogen-bond donors (Lipinski definition) is 1. The van der Waals surface area contributed by atoms with Crippen molar-refractivity contribution in [2.24, 2.45) is 5.92 Å². The highest BCUT2D eigenvalue weighted by atomic mass is 16.5. The van der Waals surface area contributed by atoms with Gasteiger partial charge in [-0.3, -0.25) is 9.69 Å². The fourth-order valence-corrected chi connectivity index (χ4v) is 4.91. The van der Waals surface area contributed by atoms with Crippen LogP contribution in [0.3, 0.4) is 0 Å². The second-order valence-corrected chi connectivity index (χ2v) is 9.55. The van der Waals surface area contributed by atoms with E-state index in [9.17, 15) is 4.79 Å². The molecular formula is C27H35NO4. The number of carbonyl (C=O) groups is 1. The quantitative estimate of drug-likeness (QED) is 0.625. The van der Waals surface area contributed by atoms with Crippen molar-refractivity contribution < 1.29 is 19.4 Å². The number of rotatable bonds is 8. The van der Waals surface area contributed by atoms with Crippen molar-refractivity contribution in [3.05, 3.63) is 65.2 Å². The molecule has 1 atom stereocenters. The van der Waals surface area contributed by atoms with Crippen LogP contribution in [0.2, 0.25) is 0 Å². The van der Waals surface area contributed by atoms with Crippen LogP contribution in [0.25, 0.3) is 0 Å². The van der Waals surface area contributed by atoms with Gasteiger partial charge in [0.25, 0.3) is 0 Å². The van der Waals surface area contributed by atoms with E-state index in [1.54, 1.807) is 0 Å². The number of hydrogen-bond acceptors (Lipinski definition) is 4. The van der Waals surface area contributed by atoms with Crippen LogP contribution in [0.15, 0.2) is 48.5 Å². The summed E-state index contributed by atoms with van der Waals surface area (Å²) in [7, 11) is 0. The number of carboxylic acids is 1. The molecule has 0 radical (unpaired) electrons. The molecule has 2 aromatic rings. The van der Waals surface area contributed by atoms with Gasteiger partial charge in [-0.1, -0.05) is 43.3 Å². The van der Waals surface area contributed by atoms with E-state index in [-0.39, 0.29) is 12.0 Å². The van der Waals surface area contributed by atoms with E-state index in [1.807, 2.05) is 24.3 Å². The standard InChI is InChI=1S/C27H35NO4/c1-21-12-17-32-27(18-21)13-15-28(16-14-27)19-23-2-4-24(5-3-23)20-31-25-9-6-22(7-10-25)8-11-26(29)30/h2-7,9-10,21H,8,11-20H2,1H3,(H,29,30). The molecule has 0 aliphatic carbocycles. The van der Waals surface area contributed by atoms with Gasteiger partial charge in [0.05, 0.1) is 5.60 Å². The summed E-state index contributed by atoms with van der Waals surface area (Å²) < 4.78 is 12.1. The Morgan fingerprint density at radius 3 is 2.38 bits per heavy atom. The second-order valence-electron chi connectivity index (χ2n) is 9.55. The summed E-state index contributed by atoms with van der Waals surface area (Å²) in [4.78, 5) is 13.2. The van der Waals surface area contributed by atoms with E-state index >= 15 is 0 Å². The van der Waals surface area contributed by atoms with Gasteiger partial charge in [0.15, 0.2) is 0 Å². The minimum Gasteiger partial charge on any atom is -0.489 e. The van der Waals surface area contributed by atoms with Gasteiger partial charge in [0.1, 0.15) is 12.4 Å². The molecule has 2 aromatic carbocycles. The average molecular weight is 438 g/mol. The van der Waals surface area contributed by atoms with Crippen LogP contribution in [0.4, 0.5) is 0 Å². The number of aliphatic carboxylic acids is 1. The lowest BCUT2D eigenvalue weighted by molar-refractivity contribution is -0.136. The molecule has 0 amide bonds. The second kappa shape index (κ2) is 10.5. The summed E-state index contributed by atoms with van der Waals surface area (Å²) in [6.07, 6.45) is 5.43. The van der Waals surface area contributed by atoms with Crippen LogP contribution in [-0.2, 0) is 29.1 Å². The monoisotopic (exact) mass is 437 g/mol. The van der Waals surface area contributed by atoms with Crippen LogP contribution in [0.1, 0.15) is 55.7 Å². The molecular weight excluding hydrogens is 402 g/mol. The van der Waals surface area contributed by atoms with Crippen molar-refractivity contribution in [1.29, 1.82) is 0 Å². The molecule has 1 unspecified atom stereocenters. The van der Waals surface area contributed by atoms with E-state index in [4.69, 9.17) is 14.6 Å². The zero-order chi connectivity index (χ0) is 22.4. The fourth-order valence-electron chi connectivity index (χ4n) is 4.91. The molecule has 2 saturated heterocycles. The third-order valence-electron chi connectivity index (χ3n) is 6.89. The average Bonchev–Trinajstić information content (AvgIpc) is 2.79. The lowest BCUT2D eigenvalue weighted by Gasteiger charge is -2.45. The van der Waals surface area contributed by atoms with E-state index < -0.39 is 5.97 Å². The Balaban J connectivity index is 1.21. The molecule has 1 N–H and O–H groups in total. The molecule has 0 bridgehead atoms. The maximum Gasteiger partial charge on any atom is 0.303 e. The zero-order valence-electron chi connectivity index (χ0n) is 19.1. The van der Waals surface area contributed by atoms with Gasteiger partial charge >= 0.3 is 5.97 Å². The molecule has 172 valence electrons. The summed E-state index contributed by atoms with van der Waals surface area (Å²) in [6.45, 7) is 7.03. The molecule has 2 fully saturated rings. The SMILES string of the molecule is CC1CCOC2(CCN(Cc3ccc(COc4ccc(CCC(=O)O)cc4)cc3)CC2)C1. The number of nitrogens with zero attached hydrogens (tertiary/aromatic N) is 1. The van der Waals surface area contributed by atoms with Crippen LogP contribution in [0, 0.1) is 5.92 Å². The third kappa shape index (κ3) is 6.33. The van der Waals surface area contributed by atoms with Crippen molar-refractivity contribution in [3.8, 4) is 5.75 Å². The Hall–Kier alpha value is -2.37. The van der Waals surface area contributed by atoms with Gasteiger partial charge in [-0.2, -0.15) is 0 Å². The van der Waals surface area contributed by atoms with Crippen LogP contribution in [0.5, 0.6) is 5.75 Å². The van der Waals surface area contributed by atoms with E-state index in [2.05, 4.69) is 36.1 Å². The third-order valence-corrected chi connectivity index (χ3v) is 6.89. The molecule has 5 heteroatoms. The molecule has 2 aliphatic rings. The van der Waals surface area contributed by atoms with Gasteiger partial charge in [0, 0.05) is 32.7 Å². The summed E-state index contributed by atoms with van der Waals surface area (Å²) in [5, 5.41) is 8.78. The van der Waals surface area contributed by atoms with Crippen molar-refractivity contribution in [1.82, 2.24) is 4.90 Å². The van der Waals surface area contributed by atoms with Crippen molar-refractivity contribution in [3.63, 3.8) is 0 Å². The largest absolute Gasteiger partial charge is 0.489 e. The Kier molecular flexibility index (Phi) is 7.48. The summed E-state index contributed by atoms with van der Waals surface area (Å²) in [6, 6.07) is 16.4. The normalized spacial score (nSPS) is 20.8. The molecule has 1 spiro atoms. The Labute approximate surface area is 191 Å². The first-order valence-electron chi connectivity index (χ1n) is 11.9. The van der Waals surface area contributed by atoms with Gasteiger partial charge in [0.2, 0.25) is 0 Å². The Morgan fingerprint density at radius 2 is 1.72 bits per heavy atom. The lowest BCUT2D eigenvalue weighted by Crippen LogP contribution is -2.48. The number of aryl methyl sites for hydroxylation is 1. The molecule has 5 nitrogen and oxygen atoms in total. The van der Waals surface area contributed by atoms with Crippen molar-refractivity contribution in [2.45, 2.75) is 64.2 Å². The molecule has 0 saturated carbocycles.